The molecule has 9 atom stereocenters. The van der Waals surface area contributed by atoms with Gasteiger partial charge in [-0.25, -0.2) is 0 Å². The normalized spacial score (nSPS) is 26.5. The van der Waals surface area contributed by atoms with Gasteiger partial charge in [-0.3, -0.25) is 38.4 Å². The minimum atomic E-state index is -2.03. The number of fused-ring (bicyclic) bond motifs is 2. The molecular formula is C46H64N8O10. The van der Waals surface area contributed by atoms with Crippen molar-refractivity contribution in [2.24, 2.45) is 11.7 Å². The maximum absolute atomic E-state index is 14.5. The van der Waals surface area contributed by atoms with Crippen LogP contribution in [0.4, 0.5) is 0 Å². The lowest BCUT2D eigenvalue weighted by atomic mass is 9.95. The Morgan fingerprint density at radius 1 is 0.766 bits per heavy atom. The second-order valence-electron chi connectivity index (χ2n) is 17.2. The molecule has 0 spiro atoms. The van der Waals surface area contributed by atoms with Crippen LogP contribution in [0, 0.1) is 5.92 Å². The summed E-state index contributed by atoms with van der Waals surface area (Å²) in [6, 6.07) is 11.4. The molecular weight excluding hydrogens is 825 g/mol. The number of carbonyl (C=O) groups excluding carboxylic acids is 8. The second kappa shape index (κ2) is 23.7. The molecule has 2 aromatic rings. The van der Waals surface area contributed by atoms with Crippen molar-refractivity contribution in [3.63, 3.8) is 0 Å². The summed E-state index contributed by atoms with van der Waals surface area (Å²) in [6.07, 6.45) is -0.695. The van der Waals surface area contributed by atoms with Crippen molar-refractivity contribution in [3.05, 3.63) is 71.8 Å². The van der Waals surface area contributed by atoms with E-state index in [1.54, 1.807) is 31.2 Å². The zero-order valence-electron chi connectivity index (χ0n) is 36.7. The Labute approximate surface area is 373 Å². The molecule has 348 valence electrons. The summed E-state index contributed by atoms with van der Waals surface area (Å²) in [5.74, 6) is -6.28. The van der Waals surface area contributed by atoms with Crippen molar-refractivity contribution in [2.75, 3.05) is 19.6 Å². The Morgan fingerprint density at radius 2 is 1.36 bits per heavy atom. The molecule has 3 aliphatic rings. The lowest BCUT2D eigenvalue weighted by Crippen LogP contribution is -2.61. The Balaban J connectivity index is 1.47. The summed E-state index contributed by atoms with van der Waals surface area (Å²) in [5.41, 5.74) is 7.16. The van der Waals surface area contributed by atoms with E-state index in [9.17, 15) is 48.6 Å². The lowest BCUT2D eigenvalue weighted by molar-refractivity contribution is -0.144. The van der Waals surface area contributed by atoms with E-state index in [0.717, 1.165) is 11.1 Å². The predicted molar refractivity (Wildman–Crippen MR) is 234 cm³/mol. The number of benzene rings is 2. The number of aliphatic hydroxyl groups is 2. The minimum Gasteiger partial charge on any atom is -0.393 e. The number of nitrogens with two attached hydrogens (primary N) is 1. The van der Waals surface area contributed by atoms with E-state index in [2.05, 4.69) is 26.6 Å². The van der Waals surface area contributed by atoms with Crippen LogP contribution in [0.3, 0.4) is 0 Å². The average Bonchev–Trinajstić information content (AvgIpc) is 3.99. The third kappa shape index (κ3) is 13.6. The van der Waals surface area contributed by atoms with Gasteiger partial charge >= 0.3 is 0 Å². The van der Waals surface area contributed by atoms with Crippen LogP contribution in [-0.4, -0.2) is 135 Å². The van der Waals surface area contributed by atoms with Crippen molar-refractivity contribution in [2.45, 2.75) is 139 Å². The van der Waals surface area contributed by atoms with Gasteiger partial charge < -0.3 is 52.3 Å². The van der Waals surface area contributed by atoms with Crippen LogP contribution in [0.25, 0.3) is 0 Å². The second-order valence-corrected chi connectivity index (χ2v) is 17.2. The van der Waals surface area contributed by atoms with Crippen LogP contribution < -0.4 is 32.3 Å². The van der Waals surface area contributed by atoms with Crippen LogP contribution in [0.5, 0.6) is 0 Å². The monoisotopic (exact) mass is 888 g/mol. The van der Waals surface area contributed by atoms with Crippen LogP contribution >= 0.6 is 0 Å². The molecule has 64 heavy (non-hydrogen) atoms. The quantitative estimate of drug-likeness (QED) is 0.130. The lowest BCUT2D eigenvalue weighted by Gasteiger charge is -2.34. The summed E-state index contributed by atoms with van der Waals surface area (Å²) in [7, 11) is 0. The highest BCUT2D eigenvalue weighted by Gasteiger charge is 2.43. The van der Waals surface area contributed by atoms with E-state index < -0.39 is 108 Å². The van der Waals surface area contributed by atoms with E-state index in [0.29, 0.717) is 32.1 Å². The van der Waals surface area contributed by atoms with Gasteiger partial charge in [0, 0.05) is 25.9 Å². The molecule has 9 N–H and O–H groups in total. The average molecular weight is 889 g/mol. The molecule has 3 heterocycles. The molecule has 8 amide bonds. The Kier molecular flexibility index (Phi) is 18.2. The van der Waals surface area contributed by atoms with Gasteiger partial charge in [-0.05, 0) is 74.8 Å². The molecule has 0 unspecified atom stereocenters. The van der Waals surface area contributed by atoms with Crippen molar-refractivity contribution in [3.8, 4) is 0 Å². The fraction of sp³-hybridized carbons (Fsp3) is 0.565. The summed E-state index contributed by atoms with van der Waals surface area (Å²) in [5, 5.41) is 36.1. The summed E-state index contributed by atoms with van der Waals surface area (Å²) >= 11 is 0. The number of aliphatic hydroxyl groups excluding tert-OH is 2. The third-order valence-electron chi connectivity index (χ3n) is 12.5. The number of rotatable bonds is 13. The summed E-state index contributed by atoms with van der Waals surface area (Å²) in [6.45, 7) is 3.42. The van der Waals surface area contributed by atoms with Gasteiger partial charge in [-0.2, -0.15) is 0 Å². The SMILES string of the molecule is CC[C@H](C)[C@H]1NC(=O)[C@H](Cc2ccccc2)NC(=O)[C@@H]2CCCN2C(=O)CNC(=O)[C@@H](CCC(N)=O)NC(=O)[C@@H](O)[C@@H](C[C@H](O)CCCc2ccccc2)NC(=O)[C@@H]2CCCN2C1=O. The van der Waals surface area contributed by atoms with E-state index in [-0.39, 0.29) is 58.0 Å². The van der Waals surface area contributed by atoms with Gasteiger partial charge in [-0.1, -0.05) is 80.9 Å². The number of hydrogen-bond donors (Lipinski definition) is 8. The van der Waals surface area contributed by atoms with E-state index in [1.807, 2.05) is 43.3 Å². The highest BCUT2D eigenvalue weighted by molar-refractivity contribution is 5.97. The molecule has 3 aliphatic heterocycles. The fourth-order valence-corrected chi connectivity index (χ4v) is 8.61. The van der Waals surface area contributed by atoms with E-state index in [4.69, 9.17) is 5.73 Å². The Hall–Kier alpha value is -5.88. The summed E-state index contributed by atoms with van der Waals surface area (Å²) in [4.78, 5) is 113. The predicted octanol–water partition coefficient (Wildman–Crippen LogP) is -0.273. The molecule has 3 saturated heterocycles. The number of carbonyl (C=O) groups is 8. The number of amides is 8. The number of nitrogens with zero attached hydrogens (tertiary/aromatic N) is 2. The van der Waals surface area contributed by atoms with Gasteiger partial charge in [-0.15, -0.1) is 0 Å². The minimum absolute atomic E-state index is 0.0610. The molecule has 0 bridgehead atoms. The molecule has 2 aromatic carbocycles. The molecule has 3 fully saturated rings. The van der Waals surface area contributed by atoms with Crippen LogP contribution in [-0.2, 0) is 51.2 Å². The zero-order chi connectivity index (χ0) is 46.3. The van der Waals surface area contributed by atoms with Gasteiger partial charge in [0.25, 0.3) is 5.91 Å². The standard InChI is InChI=1S/C46H64N8O10/c1-3-28(2)39-46(64)54-24-12-20-36(54)44(62)50-33(26-31(55)18-10-17-29-13-6-4-7-14-29)40(58)45(63)49-32(21-22-37(47)56)41(59)48-27-38(57)53-23-11-19-35(53)43(61)51-34(42(60)52-39)25-30-15-8-5-9-16-30/h4-9,13-16,28,31-36,39-40,55,58H,3,10-12,17-27H2,1-2H3,(H2,47,56)(H,48,59)(H,49,63)(H,50,62)(H,51,61)(H,52,60)/t28-,31+,32+,33+,34-,35-,36-,39+,40-/m0/s1. The maximum Gasteiger partial charge on any atom is 0.251 e. The molecule has 0 radical (unpaired) electrons. The highest BCUT2D eigenvalue weighted by atomic mass is 16.3. The molecule has 0 saturated carbocycles. The van der Waals surface area contributed by atoms with E-state index >= 15 is 0 Å². The molecule has 18 heteroatoms. The first-order chi connectivity index (χ1) is 30.7. The molecule has 0 aromatic heterocycles. The first kappa shape index (κ1) is 49.1. The van der Waals surface area contributed by atoms with Gasteiger partial charge in [0.15, 0.2) is 6.10 Å². The first-order valence-corrected chi connectivity index (χ1v) is 22.5. The van der Waals surface area contributed by atoms with Crippen molar-refractivity contribution in [1.29, 1.82) is 0 Å². The van der Waals surface area contributed by atoms with Crippen LogP contribution in [0.15, 0.2) is 60.7 Å². The number of hydrogen-bond acceptors (Lipinski definition) is 10. The number of primary amides is 1. The largest absolute Gasteiger partial charge is 0.393 e. The number of aryl methyl sites for hydroxylation is 1. The molecule has 0 aliphatic carbocycles. The van der Waals surface area contributed by atoms with Crippen LogP contribution in [0.2, 0.25) is 0 Å². The van der Waals surface area contributed by atoms with Crippen molar-refractivity contribution in [1.82, 2.24) is 36.4 Å². The van der Waals surface area contributed by atoms with Gasteiger partial charge in [0.05, 0.1) is 18.7 Å². The summed E-state index contributed by atoms with van der Waals surface area (Å²) < 4.78 is 0. The maximum atomic E-state index is 14.5. The zero-order valence-corrected chi connectivity index (χ0v) is 36.7. The topological polar surface area (TPSA) is 270 Å². The number of nitrogens with one attached hydrogen (secondary N) is 5. The smallest absolute Gasteiger partial charge is 0.251 e. The van der Waals surface area contributed by atoms with E-state index in [1.165, 1.54) is 9.80 Å². The van der Waals surface area contributed by atoms with Crippen LogP contribution in [0.1, 0.15) is 89.2 Å². The Bertz CT molecular complexity index is 1950. The van der Waals surface area contributed by atoms with Gasteiger partial charge in [0.2, 0.25) is 41.4 Å². The van der Waals surface area contributed by atoms with Crippen molar-refractivity contribution < 1.29 is 48.6 Å². The molecule has 5 rings (SSSR count). The first-order valence-electron chi connectivity index (χ1n) is 22.5. The van der Waals surface area contributed by atoms with Gasteiger partial charge in [0.1, 0.15) is 30.2 Å². The molecule has 18 nitrogen and oxygen atoms in total. The third-order valence-corrected chi connectivity index (χ3v) is 12.5. The Morgan fingerprint density at radius 3 is 2.00 bits per heavy atom. The fourth-order valence-electron chi connectivity index (χ4n) is 8.61. The highest BCUT2D eigenvalue weighted by Crippen LogP contribution is 2.24. The van der Waals surface area contributed by atoms with Crippen molar-refractivity contribution >= 4 is 47.3 Å².